The van der Waals surface area contributed by atoms with Crippen LogP contribution in [0.1, 0.15) is 48.5 Å². The van der Waals surface area contributed by atoms with Gasteiger partial charge in [0.2, 0.25) is 5.91 Å². The number of anilines is 1. The Balaban J connectivity index is 1.38. The maximum atomic E-state index is 12.9. The minimum Gasteiger partial charge on any atom is -0.349 e. The van der Waals surface area contributed by atoms with E-state index in [9.17, 15) is 9.59 Å². The summed E-state index contributed by atoms with van der Waals surface area (Å²) in [5.74, 6) is 1.16. The number of rotatable bonds is 5. The Kier molecular flexibility index (Phi) is 6.24. The Morgan fingerprint density at radius 1 is 1.03 bits per heavy atom. The zero-order valence-corrected chi connectivity index (χ0v) is 17.7. The zero-order chi connectivity index (χ0) is 20.2. The van der Waals surface area contributed by atoms with Crippen molar-refractivity contribution in [2.75, 3.05) is 17.2 Å². The molecule has 0 unspecified atom stereocenters. The van der Waals surface area contributed by atoms with Gasteiger partial charge in [-0.2, -0.15) is 0 Å². The molecule has 0 saturated heterocycles. The van der Waals surface area contributed by atoms with Gasteiger partial charge in [-0.1, -0.05) is 37.3 Å². The summed E-state index contributed by atoms with van der Waals surface area (Å²) >= 11 is 1.46. The molecule has 2 aromatic rings. The lowest BCUT2D eigenvalue weighted by molar-refractivity contribution is -0.116. The number of hydrogen-bond donors (Lipinski definition) is 1. The van der Waals surface area contributed by atoms with Gasteiger partial charge in [-0.25, -0.2) is 0 Å². The molecule has 4 rings (SSSR count). The fourth-order valence-electron chi connectivity index (χ4n) is 4.26. The van der Waals surface area contributed by atoms with Gasteiger partial charge in [-0.05, 0) is 61.8 Å². The van der Waals surface area contributed by atoms with Gasteiger partial charge in [0.25, 0.3) is 5.91 Å². The molecule has 152 valence electrons. The molecule has 1 saturated carbocycles. The largest absolute Gasteiger partial charge is 0.349 e. The number of nitrogens with zero attached hydrogens (tertiary/aromatic N) is 1. The number of fused-ring (bicyclic) bond motifs is 1. The summed E-state index contributed by atoms with van der Waals surface area (Å²) < 4.78 is 0. The van der Waals surface area contributed by atoms with Gasteiger partial charge in [0.1, 0.15) is 0 Å². The number of hydrogen-bond acceptors (Lipinski definition) is 3. The van der Waals surface area contributed by atoms with Gasteiger partial charge < -0.3 is 10.2 Å². The van der Waals surface area contributed by atoms with Gasteiger partial charge in [-0.15, -0.1) is 11.8 Å². The highest BCUT2D eigenvalue weighted by Crippen LogP contribution is 2.30. The molecule has 0 bridgehead atoms. The van der Waals surface area contributed by atoms with Crippen molar-refractivity contribution in [3.05, 3.63) is 59.7 Å². The topological polar surface area (TPSA) is 49.4 Å². The van der Waals surface area contributed by atoms with Gasteiger partial charge in [0, 0.05) is 23.2 Å². The molecular formula is C24H28N2O2S. The molecule has 0 atom stereocenters. The lowest BCUT2D eigenvalue weighted by atomic mass is 9.87. The predicted molar refractivity (Wildman–Crippen MR) is 119 cm³/mol. The minimum absolute atomic E-state index is 0.0216. The smallest absolute Gasteiger partial charge is 0.252 e. The van der Waals surface area contributed by atoms with E-state index in [4.69, 9.17) is 0 Å². The maximum absolute atomic E-state index is 12.9. The zero-order valence-electron chi connectivity index (χ0n) is 16.9. The number of amides is 2. The summed E-state index contributed by atoms with van der Waals surface area (Å²) in [4.78, 5) is 28.4. The number of benzene rings is 2. The Morgan fingerprint density at radius 3 is 2.59 bits per heavy atom. The van der Waals surface area contributed by atoms with Crippen LogP contribution < -0.4 is 10.2 Å². The average Bonchev–Trinajstić information content (AvgIpc) is 3.18. The van der Waals surface area contributed by atoms with Crippen LogP contribution in [0, 0.1) is 5.92 Å². The summed E-state index contributed by atoms with van der Waals surface area (Å²) in [6, 6.07) is 16.0. The second-order valence-electron chi connectivity index (χ2n) is 8.14. The lowest BCUT2D eigenvalue weighted by Gasteiger charge is -2.27. The Hall–Kier alpha value is -2.27. The van der Waals surface area contributed by atoms with E-state index in [1.807, 2.05) is 47.4 Å². The molecular weight excluding hydrogens is 380 g/mol. The molecule has 1 heterocycles. The van der Waals surface area contributed by atoms with Crippen LogP contribution in [0.3, 0.4) is 0 Å². The van der Waals surface area contributed by atoms with Crippen molar-refractivity contribution in [1.29, 1.82) is 0 Å². The Morgan fingerprint density at radius 2 is 1.76 bits per heavy atom. The number of carbonyl (C=O) groups is 2. The van der Waals surface area contributed by atoms with E-state index in [1.165, 1.54) is 30.2 Å². The molecule has 1 N–H and O–H groups in total. The van der Waals surface area contributed by atoms with E-state index in [2.05, 4.69) is 18.3 Å². The third-order valence-corrected chi connectivity index (χ3v) is 7.08. The maximum Gasteiger partial charge on any atom is 0.252 e. The van der Waals surface area contributed by atoms with Crippen LogP contribution in [0.5, 0.6) is 0 Å². The monoisotopic (exact) mass is 408 g/mol. The average molecular weight is 409 g/mol. The summed E-state index contributed by atoms with van der Waals surface area (Å²) in [5, 5.41) is 3.20. The van der Waals surface area contributed by atoms with Gasteiger partial charge in [-0.3, -0.25) is 9.59 Å². The predicted octanol–water partition coefficient (Wildman–Crippen LogP) is 4.68. The van der Waals surface area contributed by atoms with Crippen LogP contribution in [-0.4, -0.2) is 30.2 Å². The van der Waals surface area contributed by atoms with E-state index in [0.717, 1.165) is 42.3 Å². The molecule has 2 aromatic carbocycles. The van der Waals surface area contributed by atoms with E-state index < -0.39 is 0 Å². The van der Waals surface area contributed by atoms with Crippen LogP contribution in [0.2, 0.25) is 0 Å². The van der Waals surface area contributed by atoms with Crippen molar-refractivity contribution in [1.82, 2.24) is 5.32 Å². The van der Waals surface area contributed by atoms with E-state index in [-0.39, 0.29) is 17.9 Å². The molecule has 1 fully saturated rings. The molecule has 4 nitrogen and oxygen atoms in total. The van der Waals surface area contributed by atoms with Crippen LogP contribution >= 0.6 is 11.8 Å². The Bertz CT molecular complexity index is 890. The number of carbonyl (C=O) groups excluding carboxylic acids is 2. The second kappa shape index (κ2) is 9.04. The number of para-hydroxylation sites is 1. The van der Waals surface area contributed by atoms with Crippen molar-refractivity contribution >= 4 is 29.3 Å². The first-order valence-corrected chi connectivity index (χ1v) is 11.5. The van der Waals surface area contributed by atoms with E-state index in [0.29, 0.717) is 11.3 Å². The van der Waals surface area contributed by atoms with E-state index >= 15 is 0 Å². The molecule has 1 aliphatic carbocycles. The molecule has 0 aromatic heterocycles. The van der Waals surface area contributed by atoms with Crippen molar-refractivity contribution in [3.63, 3.8) is 0 Å². The first-order valence-electron chi connectivity index (χ1n) is 10.5. The van der Waals surface area contributed by atoms with Crippen molar-refractivity contribution in [3.8, 4) is 0 Å². The highest BCUT2D eigenvalue weighted by molar-refractivity contribution is 8.00. The van der Waals surface area contributed by atoms with Gasteiger partial charge >= 0.3 is 0 Å². The van der Waals surface area contributed by atoms with Gasteiger partial charge in [0.15, 0.2) is 0 Å². The first kappa shape index (κ1) is 20.0. The fraction of sp³-hybridized carbons (Fsp3) is 0.417. The van der Waals surface area contributed by atoms with Crippen LogP contribution in [-0.2, 0) is 11.2 Å². The molecule has 0 spiro atoms. The van der Waals surface area contributed by atoms with E-state index in [1.54, 1.807) is 0 Å². The fourth-order valence-corrected chi connectivity index (χ4v) is 5.19. The molecule has 1 aliphatic heterocycles. The highest BCUT2D eigenvalue weighted by atomic mass is 32.2. The second-order valence-corrected chi connectivity index (χ2v) is 9.16. The summed E-state index contributed by atoms with van der Waals surface area (Å²) in [7, 11) is 0. The molecule has 2 amide bonds. The molecule has 2 aliphatic rings. The Labute approximate surface area is 177 Å². The third kappa shape index (κ3) is 4.67. The summed E-state index contributed by atoms with van der Waals surface area (Å²) in [6.45, 7) is 3.01. The molecule has 5 heteroatoms. The first-order chi connectivity index (χ1) is 14.1. The van der Waals surface area contributed by atoms with Crippen LogP contribution in [0.25, 0.3) is 0 Å². The van der Waals surface area contributed by atoms with Crippen molar-refractivity contribution in [2.45, 2.75) is 50.0 Å². The number of nitrogens with one attached hydrogen (secondary N) is 1. The normalized spacial score (nSPS) is 20.9. The molecule has 29 heavy (non-hydrogen) atoms. The molecule has 0 radical (unpaired) electrons. The lowest BCUT2D eigenvalue weighted by Crippen LogP contribution is -2.37. The van der Waals surface area contributed by atoms with Crippen molar-refractivity contribution in [2.24, 2.45) is 5.92 Å². The highest BCUT2D eigenvalue weighted by Gasteiger charge is 2.25. The standard InChI is InChI=1S/C24H28N2O2S/c1-17-10-12-19(13-11-17)25-24(28)20-7-3-5-9-22(20)29-16-23(27)26-15-14-18-6-2-4-8-21(18)26/h2-9,17,19H,10-16H2,1H3,(H,25,28). The van der Waals surface area contributed by atoms with Crippen LogP contribution in [0.15, 0.2) is 53.4 Å². The SMILES string of the molecule is CC1CCC(NC(=O)c2ccccc2SCC(=O)N2CCc3ccccc32)CC1. The summed E-state index contributed by atoms with van der Waals surface area (Å²) in [5.41, 5.74) is 2.92. The van der Waals surface area contributed by atoms with Crippen LogP contribution in [0.4, 0.5) is 5.69 Å². The minimum atomic E-state index is -0.0216. The number of thioether (sulfide) groups is 1. The third-order valence-electron chi connectivity index (χ3n) is 6.02. The summed E-state index contributed by atoms with van der Waals surface area (Å²) in [6.07, 6.45) is 5.36. The van der Waals surface area contributed by atoms with Gasteiger partial charge in [0.05, 0.1) is 11.3 Å². The van der Waals surface area contributed by atoms with Crippen molar-refractivity contribution < 1.29 is 9.59 Å². The quantitative estimate of drug-likeness (QED) is 0.731.